The number of hydrogen-bond acceptors (Lipinski definition) is 6. The van der Waals surface area contributed by atoms with Crippen LogP contribution >= 0.6 is 11.5 Å². The van der Waals surface area contributed by atoms with Gasteiger partial charge in [-0.1, -0.05) is 12.1 Å². The molecule has 172 valence electrons. The van der Waals surface area contributed by atoms with Gasteiger partial charge in [-0.25, -0.2) is 9.36 Å². The number of carbonyl (C=O) groups is 2. The molecule has 3 heterocycles. The van der Waals surface area contributed by atoms with Crippen LogP contribution in [-0.2, 0) is 19.8 Å². The first kappa shape index (κ1) is 21.8. The minimum Gasteiger partial charge on any atom is -0.292 e. The molecule has 2 amide bonds. The summed E-state index contributed by atoms with van der Waals surface area (Å²) in [5.41, 5.74) is -2.70. The van der Waals surface area contributed by atoms with E-state index in [0.29, 0.717) is 31.0 Å². The van der Waals surface area contributed by atoms with Gasteiger partial charge in [-0.2, -0.15) is 17.5 Å². The number of fused-ring (bicyclic) bond motifs is 2. The SMILES string of the molecule is Cn1c(C(F)(F)F)cc(=O)n(-c2ccc3snc(CN4C(=O)c5ccccc5C4=O)c3c2)c1=O. The molecule has 0 unspecified atom stereocenters. The number of rotatable bonds is 3. The highest BCUT2D eigenvalue weighted by atomic mass is 32.1. The molecule has 4 aromatic rings. The minimum absolute atomic E-state index is 0.0376. The Labute approximate surface area is 192 Å². The van der Waals surface area contributed by atoms with E-state index in [4.69, 9.17) is 0 Å². The summed E-state index contributed by atoms with van der Waals surface area (Å²) in [6.45, 7) is -0.143. The Morgan fingerprint density at radius 1 is 0.941 bits per heavy atom. The van der Waals surface area contributed by atoms with E-state index in [2.05, 4.69) is 4.37 Å². The lowest BCUT2D eigenvalue weighted by Gasteiger charge is -2.14. The third-order valence-corrected chi connectivity index (χ3v) is 6.45. The molecule has 12 heteroatoms. The summed E-state index contributed by atoms with van der Waals surface area (Å²) in [6.07, 6.45) is -4.87. The Hall–Kier alpha value is -4.06. The number of hydrogen-bond donors (Lipinski definition) is 0. The average molecular weight is 486 g/mol. The van der Waals surface area contributed by atoms with Crippen LogP contribution in [0.2, 0.25) is 0 Å². The Kier molecular flexibility index (Phi) is 4.79. The fourth-order valence-corrected chi connectivity index (χ4v) is 4.67. The zero-order chi connectivity index (χ0) is 24.4. The second-order valence-electron chi connectivity index (χ2n) is 7.59. The fraction of sp³-hybridized carbons (Fsp3) is 0.136. The molecule has 0 radical (unpaired) electrons. The molecule has 1 aliphatic heterocycles. The third kappa shape index (κ3) is 3.25. The van der Waals surface area contributed by atoms with Crippen LogP contribution in [-0.4, -0.2) is 30.2 Å². The molecule has 0 saturated heterocycles. The third-order valence-electron chi connectivity index (χ3n) is 5.58. The highest BCUT2D eigenvalue weighted by Crippen LogP contribution is 2.30. The Morgan fingerprint density at radius 3 is 2.21 bits per heavy atom. The Bertz CT molecular complexity index is 1600. The number of alkyl halides is 3. The maximum atomic E-state index is 13.1. The minimum atomic E-state index is -4.87. The van der Waals surface area contributed by atoms with Gasteiger partial charge in [0.2, 0.25) is 0 Å². The summed E-state index contributed by atoms with van der Waals surface area (Å²) in [7, 11) is 0.930. The Morgan fingerprint density at radius 2 is 1.59 bits per heavy atom. The number of benzene rings is 2. The number of halogens is 3. The van der Waals surface area contributed by atoms with Crippen LogP contribution in [0.3, 0.4) is 0 Å². The van der Waals surface area contributed by atoms with Crippen LogP contribution in [0.1, 0.15) is 32.1 Å². The first-order valence-electron chi connectivity index (χ1n) is 9.82. The van der Waals surface area contributed by atoms with Crippen molar-refractivity contribution in [1.82, 2.24) is 18.4 Å². The van der Waals surface area contributed by atoms with Gasteiger partial charge in [0.05, 0.1) is 33.8 Å². The maximum Gasteiger partial charge on any atom is 0.431 e. The zero-order valence-electron chi connectivity index (χ0n) is 17.3. The highest BCUT2D eigenvalue weighted by molar-refractivity contribution is 7.13. The van der Waals surface area contributed by atoms with Crippen molar-refractivity contribution in [3.05, 3.63) is 91.9 Å². The van der Waals surface area contributed by atoms with Crippen LogP contribution in [0.15, 0.2) is 58.1 Å². The van der Waals surface area contributed by atoms with Crippen molar-refractivity contribution in [3.8, 4) is 5.69 Å². The lowest BCUT2D eigenvalue weighted by atomic mass is 10.1. The van der Waals surface area contributed by atoms with Crippen molar-refractivity contribution in [2.75, 3.05) is 0 Å². The predicted molar refractivity (Wildman–Crippen MR) is 116 cm³/mol. The van der Waals surface area contributed by atoms with E-state index in [1.165, 1.54) is 12.1 Å². The van der Waals surface area contributed by atoms with E-state index in [1.807, 2.05) is 0 Å². The summed E-state index contributed by atoms with van der Waals surface area (Å²) in [5, 5.41) is 0.466. The van der Waals surface area contributed by atoms with Crippen molar-refractivity contribution < 1.29 is 22.8 Å². The molecule has 2 aromatic carbocycles. The largest absolute Gasteiger partial charge is 0.431 e. The second kappa shape index (κ2) is 7.48. The van der Waals surface area contributed by atoms with Gasteiger partial charge >= 0.3 is 11.9 Å². The summed E-state index contributed by atoms with van der Waals surface area (Å²) in [6, 6.07) is 11.2. The van der Waals surface area contributed by atoms with Crippen LogP contribution in [0, 0.1) is 0 Å². The Balaban J connectivity index is 1.58. The number of imide groups is 1. The van der Waals surface area contributed by atoms with Gasteiger partial charge in [0.25, 0.3) is 17.4 Å². The molecule has 0 bridgehead atoms. The van der Waals surface area contributed by atoms with Gasteiger partial charge in [-0.05, 0) is 41.9 Å². The van der Waals surface area contributed by atoms with E-state index in [1.54, 1.807) is 30.3 Å². The van der Waals surface area contributed by atoms with E-state index in [9.17, 15) is 32.3 Å². The topological polar surface area (TPSA) is 94.3 Å². The number of carbonyl (C=O) groups excluding carboxylic acids is 2. The number of nitrogens with zero attached hydrogens (tertiary/aromatic N) is 4. The van der Waals surface area contributed by atoms with Gasteiger partial charge in [0.15, 0.2) is 0 Å². The first-order valence-corrected chi connectivity index (χ1v) is 10.6. The molecule has 0 fully saturated rings. The van der Waals surface area contributed by atoms with Gasteiger partial charge in [0.1, 0.15) is 5.69 Å². The summed E-state index contributed by atoms with van der Waals surface area (Å²) < 4.78 is 45.4. The fourth-order valence-electron chi connectivity index (χ4n) is 3.90. The van der Waals surface area contributed by atoms with Crippen molar-refractivity contribution in [2.24, 2.45) is 7.05 Å². The second-order valence-corrected chi connectivity index (χ2v) is 8.40. The number of aromatic nitrogens is 3. The first-order chi connectivity index (χ1) is 16.1. The zero-order valence-corrected chi connectivity index (χ0v) is 18.1. The molecule has 0 spiro atoms. The smallest absolute Gasteiger partial charge is 0.292 e. The molecule has 8 nitrogen and oxygen atoms in total. The predicted octanol–water partition coefficient (Wildman–Crippen LogP) is 2.96. The molecule has 34 heavy (non-hydrogen) atoms. The van der Waals surface area contributed by atoms with Crippen molar-refractivity contribution >= 4 is 33.4 Å². The maximum absolute atomic E-state index is 13.1. The molecule has 0 saturated carbocycles. The molecule has 0 N–H and O–H groups in total. The molecule has 0 atom stereocenters. The van der Waals surface area contributed by atoms with E-state index >= 15 is 0 Å². The van der Waals surface area contributed by atoms with Crippen LogP contribution in [0.5, 0.6) is 0 Å². The van der Waals surface area contributed by atoms with Crippen molar-refractivity contribution in [2.45, 2.75) is 12.7 Å². The quantitative estimate of drug-likeness (QED) is 0.415. The van der Waals surface area contributed by atoms with E-state index < -0.39 is 34.9 Å². The van der Waals surface area contributed by atoms with E-state index in [-0.39, 0.29) is 23.4 Å². The molecule has 5 rings (SSSR count). The normalized spacial score (nSPS) is 13.7. The molecule has 0 aliphatic carbocycles. The highest BCUT2D eigenvalue weighted by Gasteiger charge is 2.36. The van der Waals surface area contributed by atoms with Gasteiger partial charge in [-0.3, -0.25) is 23.9 Å². The van der Waals surface area contributed by atoms with Gasteiger partial charge in [-0.15, -0.1) is 0 Å². The van der Waals surface area contributed by atoms with Crippen molar-refractivity contribution in [1.29, 1.82) is 0 Å². The van der Waals surface area contributed by atoms with Crippen molar-refractivity contribution in [3.63, 3.8) is 0 Å². The van der Waals surface area contributed by atoms with E-state index in [0.717, 1.165) is 23.5 Å². The summed E-state index contributed by atoms with van der Waals surface area (Å²) in [4.78, 5) is 51.5. The van der Waals surface area contributed by atoms with Gasteiger partial charge < -0.3 is 0 Å². The lowest BCUT2D eigenvalue weighted by molar-refractivity contribution is -0.144. The molecule has 1 aliphatic rings. The number of amides is 2. The average Bonchev–Trinajstić information content (AvgIpc) is 3.30. The lowest BCUT2D eigenvalue weighted by Crippen LogP contribution is -2.40. The van der Waals surface area contributed by atoms with Crippen LogP contribution < -0.4 is 11.2 Å². The summed E-state index contributed by atoms with van der Waals surface area (Å²) >= 11 is 1.09. The van der Waals surface area contributed by atoms with Gasteiger partial charge in [0, 0.05) is 18.5 Å². The monoisotopic (exact) mass is 486 g/mol. The molecular weight excluding hydrogens is 473 g/mol. The van der Waals surface area contributed by atoms with Crippen LogP contribution in [0.4, 0.5) is 13.2 Å². The summed E-state index contributed by atoms with van der Waals surface area (Å²) in [5.74, 6) is -0.934. The molecular formula is C22H13F3N4O4S. The standard InChI is InChI=1S/C22H13F3N4O4S/c1-27-17(22(23,24)25)9-18(30)29(21(27)33)11-6-7-16-14(8-11)15(26-34-16)10-28-19(31)12-4-2-3-5-13(12)20(28)32/h2-9H,10H2,1H3. The molecule has 2 aromatic heterocycles. The van der Waals surface area contributed by atoms with Crippen LogP contribution in [0.25, 0.3) is 15.8 Å².